The lowest BCUT2D eigenvalue weighted by atomic mass is 10.1. The fourth-order valence-electron chi connectivity index (χ4n) is 2.32. The molecule has 0 bridgehead atoms. The van der Waals surface area contributed by atoms with Crippen molar-refractivity contribution in [1.82, 2.24) is 20.4 Å². The van der Waals surface area contributed by atoms with Crippen LogP contribution in [0.25, 0.3) is 0 Å². The maximum atomic E-state index is 13.4. The summed E-state index contributed by atoms with van der Waals surface area (Å²) in [6, 6.07) is 5.22. The van der Waals surface area contributed by atoms with E-state index in [0.29, 0.717) is 17.9 Å². The lowest BCUT2D eigenvalue weighted by molar-refractivity contribution is 0.233. The predicted octanol–water partition coefficient (Wildman–Crippen LogP) is 2.48. The van der Waals surface area contributed by atoms with E-state index in [2.05, 4.69) is 15.7 Å². The van der Waals surface area contributed by atoms with Gasteiger partial charge in [0.2, 0.25) is 0 Å². The Hall–Kier alpha value is -2.57. The molecule has 1 aromatic carbocycles. The van der Waals surface area contributed by atoms with Crippen LogP contribution in [0.3, 0.4) is 0 Å². The van der Waals surface area contributed by atoms with Gasteiger partial charge in [0.15, 0.2) is 0 Å². The first-order valence-corrected chi connectivity index (χ1v) is 7.37. The van der Waals surface area contributed by atoms with Gasteiger partial charge in [-0.2, -0.15) is 5.10 Å². The third kappa shape index (κ3) is 4.70. The molecule has 0 spiro atoms. The average Bonchev–Trinajstić information content (AvgIpc) is 2.99. The maximum Gasteiger partial charge on any atom is 0.315 e. The fraction of sp³-hybridized carbons (Fsp3) is 0.375. The van der Waals surface area contributed by atoms with Crippen LogP contribution in [0.2, 0.25) is 0 Å². The number of methoxy groups -OCH3 is 1. The van der Waals surface area contributed by atoms with Gasteiger partial charge in [-0.05, 0) is 38.1 Å². The number of nitrogens with zero attached hydrogens (tertiary/aromatic N) is 2. The number of urea groups is 1. The molecule has 0 aliphatic carbocycles. The molecule has 0 fully saturated rings. The van der Waals surface area contributed by atoms with Gasteiger partial charge >= 0.3 is 6.03 Å². The first-order valence-electron chi connectivity index (χ1n) is 7.37. The number of carbonyl (C=O) groups excluding carboxylic acids is 1. The van der Waals surface area contributed by atoms with Gasteiger partial charge in [0.05, 0.1) is 19.7 Å². The van der Waals surface area contributed by atoms with Crippen molar-refractivity contribution in [2.24, 2.45) is 0 Å². The van der Waals surface area contributed by atoms with E-state index >= 15 is 0 Å². The van der Waals surface area contributed by atoms with Crippen molar-refractivity contribution in [2.75, 3.05) is 7.11 Å². The average molecular weight is 320 g/mol. The number of nitrogens with one attached hydrogen (secondary N) is 2. The van der Waals surface area contributed by atoms with Crippen LogP contribution in [0, 0.1) is 5.82 Å². The molecule has 0 unspecified atom stereocenters. The van der Waals surface area contributed by atoms with E-state index in [-0.39, 0.29) is 17.9 Å². The zero-order chi connectivity index (χ0) is 16.8. The van der Waals surface area contributed by atoms with Crippen molar-refractivity contribution in [1.29, 1.82) is 0 Å². The zero-order valence-corrected chi connectivity index (χ0v) is 13.4. The molecule has 7 heteroatoms. The summed E-state index contributed by atoms with van der Waals surface area (Å²) < 4.78 is 20.4. The second-order valence-corrected chi connectivity index (χ2v) is 5.35. The summed E-state index contributed by atoms with van der Waals surface area (Å²) >= 11 is 0. The van der Waals surface area contributed by atoms with Crippen LogP contribution in [0.1, 0.15) is 25.5 Å². The summed E-state index contributed by atoms with van der Waals surface area (Å²) in [5.74, 6) is 0.158. The predicted molar refractivity (Wildman–Crippen MR) is 84.7 cm³/mol. The molecule has 0 saturated heterocycles. The molecule has 124 valence electrons. The summed E-state index contributed by atoms with van der Waals surface area (Å²) in [5, 5.41) is 9.70. The summed E-state index contributed by atoms with van der Waals surface area (Å²) in [6.45, 7) is 4.22. The minimum absolute atomic E-state index is 0.100. The molecule has 2 atom stereocenters. The number of ether oxygens (including phenoxy) is 1. The smallest absolute Gasteiger partial charge is 0.315 e. The summed E-state index contributed by atoms with van der Waals surface area (Å²) in [5.41, 5.74) is 0.586. The Balaban J connectivity index is 1.93. The first kappa shape index (κ1) is 16.8. The van der Waals surface area contributed by atoms with Gasteiger partial charge in [0, 0.05) is 24.0 Å². The maximum absolute atomic E-state index is 13.4. The second-order valence-electron chi connectivity index (χ2n) is 5.35. The number of carbonyl (C=O) groups is 1. The third-order valence-electron chi connectivity index (χ3n) is 3.40. The van der Waals surface area contributed by atoms with Crippen molar-refractivity contribution in [3.05, 3.63) is 48.0 Å². The van der Waals surface area contributed by atoms with Crippen LogP contribution in [-0.4, -0.2) is 29.0 Å². The van der Waals surface area contributed by atoms with Crippen LogP contribution in [0.4, 0.5) is 9.18 Å². The Bertz CT molecular complexity index is 646. The Morgan fingerprint density at radius 2 is 2.17 bits per heavy atom. The molecule has 2 rings (SSSR count). The minimum Gasteiger partial charge on any atom is -0.496 e. The van der Waals surface area contributed by atoms with Crippen LogP contribution >= 0.6 is 0 Å². The van der Waals surface area contributed by atoms with E-state index in [4.69, 9.17) is 4.74 Å². The van der Waals surface area contributed by atoms with Crippen LogP contribution in [-0.2, 0) is 6.54 Å². The lowest BCUT2D eigenvalue weighted by Gasteiger charge is -2.20. The van der Waals surface area contributed by atoms with Crippen molar-refractivity contribution in [3.63, 3.8) is 0 Å². The first-order chi connectivity index (χ1) is 11.0. The van der Waals surface area contributed by atoms with E-state index in [1.165, 1.54) is 19.2 Å². The number of hydrogen-bond donors (Lipinski definition) is 2. The van der Waals surface area contributed by atoms with Crippen LogP contribution in [0.15, 0.2) is 36.7 Å². The van der Waals surface area contributed by atoms with E-state index in [1.54, 1.807) is 23.9 Å². The highest BCUT2D eigenvalue weighted by Gasteiger charge is 2.16. The normalized spacial score (nSPS) is 13.2. The minimum atomic E-state index is -0.391. The van der Waals surface area contributed by atoms with Gasteiger partial charge in [-0.1, -0.05) is 0 Å². The number of aromatic nitrogens is 2. The van der Waals surface area contributed by atoms with E-state index < -0.39 is 6.04 Å². The molecule has 2 N–H and O–H groups in total. The van der Waals surface area contributed by atoms with Gasteiger partial charge in [-0.3, -0.25) is 4.68 Å². The highest BCUT2D eigenvalue weighted by atomic mass is 19.1. The van der Waals surface area contributed by atoms with Gasteiger partial charge in [-0.25, -0.2) is 9.18 Å². The molecular formula is C16H21FN4O2. The Labute approximate surface area is 134 Å². The van der Waals surface area contributed by atoms with E-state index in [1.807, 2.05) is 19.2 Å². The number of benzene rings is 1. The Kier molecular flexibility index (Phi) is 5.56. The lowest BCUT2D eigenvalue weighted by Crippen LogP contribution is -2.43. The fourth-order valence-corrected chi connectivity index (χ4v) is 2.32. The Morgan fingerprint density at radius 3 is 2.83 bits per heavy atom. The van der Waals surface area contributed by atoms with Crippen LogP contribution < -0.4 is 15.4 Å². The molecular weight excluding hydrogens is 299 g/mol. The molecule has 0 aliphatic rings. The third-order valence-corrected chi connectivity index (χ3v) is 3.40. The topological polar surface area (TPSA) is 68.2 Å². The van der Waals surface area contributed by atoms with Gasteiger partial charge in [-0.15, -0.1) is 0 Å². The number of rotatable bonds is 6. The molecule has 6 nitrogen and oxygen atoms in total. The largest absolute Gasteiger partial charge is 0.496 e. The number of amides is 2. The van der Waals surface area contributed by atoms with Gasteiger partial charge < -0.3 is 15.4 Å². The summed E-state index contributed by atoms with van der Waals surface area (Å²) in [6.07, 6.45) is 3.52. The molecule has 1 aromatic heterocycles. The highest BCUT2D eigenvalue weighted by Crippen LogP contribution is 2.25. The summed E-state index contributed by atoms with van der Waals surface area (Å²) in [7, 11) is 1.51. The van der Waals surface area contributed by atoms with Crippen molar-refractivity contribution >= 4 is 6.03 Å². The molecule has 23 heavy (non-hydrogen) atoms. The standard InChI is InChI=1S/C16H21FN4O2/c1-11(10-21-8-4-7-18-21)19-16(22)20-12(2)14-9-13(17)5-6-15(14)23-3/h4-9,11-12H,10H2,1-3H3,(H2,19,20,22)/t11-,12-/m0/s1. The molecule has 1 heterocycles. The van der Waals surface area contributed by atoms with Crippen molar-refractivity contribution in [3.8, 4) is 5.75 Å². The SMILES string of the molecule is COc1ccc(F)cc1[C@H](C)NC(=O)N[C@@H](C)Cn1cccn1. The molecule has 0 saturated carbocycles. The van der Waals surface area contributed by atoms with E-state index in [0.717, 1.165) is 0 Å². The monoisotopic (exact) mass is 320 g/mol. The van der Waals surface area contributed by atoms with Gasteiger partial charge in [0.1, 0.15) is 11.6 Å². The summed E-state index contributed by atoms with van der Waals surface area (Å²) in [4.78, 5) is 12.1. The highest BCUT2D eigenvalue weighted by molar-refractivity contribution is 5.74. The second kappa shape index (κ2) is 7.62. The molecule has 2 aromatic rings. The molecule has 0 radical (unpaired) electrons. The number of hydrogen-bond acceptors (Lipinski definition) is 3. The van der Waals surface area contributed by atoms with Crippen LogP contribution in [0.5, 0.6) is 5.75 Å². The molecule has 2 amide bonds. The number of halogens is 1. The van der Waals surface area contributed by atoms with Gasteiger partial charge in [0.25, 0.3) is 0 Å². The zero-order valence-electron chi connectivity index (χ0n) is 13.4. The van der Waals surface area contributed by atoms with Crippen molar-refractivity contribution < 1.29 is 13.9 Å². The Morgan fingerprint density at radius 1 is 1.39 bits per heavy atom. The molecule has 0 aliphatic heterocycles. The van der Waals surface area contributed by atoms with Crippen molar-refractivity contribution in [2.45, 2.75) is 32.5 Å². The van der Waals surface area contributed by atoms with E-state index in [9.17, 15) is 9.18 Å². The quantitative estimate of drug-likeness (QED) is 0.859.